The lowest BCUT2D eigenvalue weighted by Gasteiger charge is -2.34. The summed E-state index contributed by atoms with van der Waals surface area (Å²) in [5.41, 5.74) is 1.27. The Bertz CT molecular complexity index is 459. The van der Waals surface area contributed by atoms with E-state index in [1.165, 1.54) is 18.6 Å². The Labute approximate surface area is 107 Å². The van der Waals surface area contributed by atoms with Crippen LogP contribution in [0.1, 0.15) is 25.3 Å². The Morgan fingerprint density at radius 3 is 3.06 bits per heavy atom. The molecular formula is C14H18FN3. The van der Waals surface area contributed by atoms with Crippen LogP contribution in [0.4, 0.5) is 10.1 Å². The molecular weight excluding hydrogens is 229 g/mol. The first-order chi connectivity index (χ1) is 8.63. The van der Waals surface area contributed by atoms with Gasteiger partial charge in [-0.3, -0.25) is 0 Å². The summed E-state index contributed by atoms with van der Waals surface area (Å²) in [5, 5.41) is 15.6. The third-order valence-corrected chi connectivity index (χ3v) is 3.49. The molecule has 1 fully saturated rings. The van der Waals surface area contributed by atoms with Crippen LogP contribution in [-0.2, 0) is 0 Å². The molecule has 4 heteroatoms. The summed E-state index contributed by atoms with van der Waals surface area (Å²) in [5.74, 6) is -0.373. The minimum atomic E-state index is -0.373. The second kappa shape index (κ2) is 5.36. The smallest absolute Gasteiger partial charge is 0.124 e. The molecule has 1 atom stereocenters. The molecule has 1 aliphatic rings. The van der Waals surface area contributed by atoms with Crippen LogP contribution in [0.15, 0.2) is 18.2 Å². The summed E-state index contributed by atoms with van der Waals surface area (Å²) in [6.45, 7) is 5.07. The van der Waals surface area contributed by atoms with E-state index in [1.54, 1.807) is 6.07 Å². The lowest BCUT2D eigenvalue weighted by Crippen LogP contribution is -2.42. The van der Waals surface area contributed by atoms with E-state index in [4.69, 9.17) is 5.26 Å². The normalized spacial score (nSPS) is 23.4. The van der Waals surface area contributed by atoms with E-state index in [-0.39, 0.29) is 11.2 Å². The van der Waals surface area contributed by atoms with Gasteiger partial charge >= 0.3 is 0 Å². The molecule has 1 unspecified atom stereocenters. The molecule has 1 heterocycles. The quantitative estimate of drug-likeness (QED) is 0.862. The fraction of sp³-hybridized carbons (Fsp3) is 0.500. The first-order valence-corrected chi connectivity index (χ1v) is 6.27. The third kappa shape index (κ3) is 2.99. The third-order valence-electron chi connectivity index (χ3n) is 3.49. The number of anilines is 1. The van der Waals surface area contributed by atoms with Crippen LogP contribution in [-0.4, -0.2) is 19.6 Å². The lowest BCUT2D eigenvalue weighted by molar-refractivity contribution is 0.253. The van der Waals surface area contributed by atoms with Crippen molar-refractivity contribution in [2.24, 2.45) is 5.41 Å². The molecule has 0 radical (unpaired) electrons. The van der Waals surface area contributed by atoms with Crippen molar-refractivity contribution in [2.75, 3.05) is 25.0 Å². The van der Waals surface area contributed by atoms with Gasteiger partial charge in [-0.2, -0.15) is 5.26 Å². The average molecular weight is 247 g/mol. The zero-order valence-corrected chi connectivity index (χ0v) is 10.6. The maximum absolute atomic E-state index is 13.0. The van der Waals surface area contributed by atoms with Gasteiger partial charge in [0.05, 0.1) is 11.3 Å². The summed E-state index contributed by atoms with van der Waals surface area (Å²) in [6.07, 6.45) is 2.34. The molecule has 0 spiro atoms. The molecule has 0 saturated carbocycles. The minimum Gasteiger partial charge on any atom is -0.383 e. The Balaban J connectivity index is 2.04. The SMILES string of the molecule is CC1(CNc2ccc(F)cc2C#N)CCCNC1. The largest absolute Gasteiger partial charge is 0.383 e. The Morgan fingerprint density at radius 2 is 2.39 bits per heavy atom. The summed E-state index contributed by atoms with van der Waals surface area (Å²) in [4.78, 5) is 0. The van der Waals surface area contributed by atoms with Gasteiger partial charge < -0.3 is 10.6 Å². The van der Waals surface area contributed by atoms with Crippen LogP contribution in [0.2, 0.25) is 0 Å². The van der Waals surface area contributed by atoms with E-state index >= 15 is 0 Å². The molecule has 0 amide bonds. The summed E-state index contributed by atoms with van der Waals surface area (Å²) in [6, 6.07) is 6.30. The van der Waals surface area contributed by atoms with Crippen molar-refractivity contribution < 1.29 is 4.39 Å². The summed E-state index contributed by atoms with van der Waals surface area (Å²) < 4.78 is 13.0. The molecule has 0 aliphatic carbocycles. The molecule has 3 nitrogen and oxygen atoms in total. The van der Waals surface area contributed by atoms with Crippen molar-refractivity contribution in [1.82, 2.24) is 5.32 Å². The molecule has 2 N–H and O–H groups in total. The van der Waals surface area contributed by atoms with Gasteiger partial charge in [0.2, 0.25) is 0 Å². The van der Waals surface area contributed by atoms with Crippen LogP contribution >= 0.6 is 0 Å². The number of nitrogens with one attached hydrogen (secondary N) is 2. The van der Waals surface area contributed by atoms with E-state index in [9.17, 15) is 4.39 Å². The van der Waals surface area contributed by atoms with E-state index in [2.05, 4.69) is 17.6 Å². The first kappa shape index (κ1) is 12.8. The van der Waals surface area contributed by atoms with Crippen molar-refractivity contribution >= 4 is 5.69 Å². The number of piperidine rings is 1. The first-order valence-electron chi connectivity index (χ1n) is 6.27. The summed E-state index contributed by atoms with van der Waals surface area (Å²) >= 11 is 0. The van der Waals surface area contributed by atoms with Gasteiger partial charge in [0.1, 0.15) is 11.9 Å². The number of nitrogens with zero attached hydrogens (tertiary/aromatic N) is 1. The van der Waals surface area contributed by atoms with E-state index in [0.29, 0.717) is 11.3 Å². The van der Waals surface area contributed by atoms with Gasteiger partial charge in [-0.05, 0) is 43.0 Å². The summed E-state index contributed by atoms with van der Waals surface area (Å²) in [7, 11) is 0. The predicted octanol–water partition coefficient (Wildman–Crippen LogP) is 2.50. The second-order valence-corrected chi connectivity index (χ2v) is 5.25. The number of hydrogen-bond donors (Lipinski definition) is 2. The highest BCUT2D eigenvalue weighted by Gasteiger charge is 2.26. The highest BCUT2D eigenvalue weighted by Crippen LogP contribution is 2.26. The van der Waals surface area contributed by atoms with Gasteiger partial charge in [0.25, 0.3) is 0 Å². The van der Waals surface area contributed by atoms with Crippen molar-refractivity contribution in [3.63, 3.8) is 0 Å². The van der Waals surface area contributed by atoms with Crippen LogP contribution in [0, 0.1) is 22.6 Å². The molecule has 0 aromatic heterocycles. The molecule has 1 saturated heterocycles. The van der Waals surface area contributed by atoms with Crippen molar-refractivity contribution in [3.8, 4) is 6.07 Å². The Kier molecular flexibility index (Phi) is 3.83. The standard InChI is InChI=1S/C14H18FN3/c1-14(5-2-6-17-9-14)10-18-13-4-3-12(15)7-11(13)8-16/h3-4,7,17-18H,2,5-6,9-10H2,1H3. The number of hydrogen-bond acceptors (Lipinski definition) is 3. The second-order valence-electron chi connectivity index (χ2n) is 5.25. The Hall–Kier alpha value is -1.60. The van der Waals surface area contributed by atoms with Crippen molar-refractivity contribution in [3.05, 3.63) is 29.6 Å². The van der Waals surface area contributed by atoms with Crippen LogP contribution in [0.25, 0.3) is 0 Å². The molecule has 18 heavy (non-hydrogen) atoms. The van der Waals surface area contributed by atoms with Gasteiger partial charge in [-0.15, -0.1) is 0 Å². The molecule has 1 aliphatic heterocycles. The number of rotatable bonds is 3. The monoisotopic (exact) mass is 247 g/mol. The van der Waals surface area contributed by atoms with Gasteiger partial charge in [-0.1, -0.05) is 6.92 Å². The van der Waals surface area contributed by atoms with Crippen LogP contribution in [0.5, 0.6) is 0 Å². The number of halogens is 1. The average Bonchev–Trinajstić information content (AvgIpc) is 2.38. The molecule has 0 bridgehead atoms. The fourth-order valence-electron chi connectivity index (χ4n) is 2.34. The van der Waals surface area contributed by atoms with E-state index in [1.807, 2.05) is 6.07 Å². The number of nitriles is 1. The zero-order valence-electron chi connectivity index (χ0n) is 10.6. The lowest BCUT2D eigenvalue weighted by atomic mass is 9.82. The van der Waals surface area contributed by atoms with Crippen LogP contribution in [0.3, 0.4) is 0 Å². The van der Waals surface area contributed by atoms with Crippen molar-refractivity contribution in [2.45, 2.75) is 19.8 Å². The fourth-order valence-corrected chi connectivity index (χ4v) is 2.34. The zero-order chi connectivity index (χ0) is 13.0. The molecule has 1 aromatic rings. The highest BCUT2D eigenvalue weighted by atomic mass is 19.1. The Morgan fingerprint density at radius 1 is 1.56 bits per heavy atom. The van der Waals surface area contributed by atoms with Gasteiger partial charge in [-0.25, -0.2) is 4.39 Å². The highest BCUT2D eigenvalue weighted by molar-refractivity contribution is 5.57. The maximum Gasteiger partial charge on any atom is 0.124 e. The van der Waals surface area contributed by atoms with Gasteiger partial charge in [0, 0.05) is 13.1 Å². The number of benzene rings is 1. The molecule has 2 rings (SSSR count). The molecule has 1 aromatic carbocycles. The van der Waals surface area contributed by atoms with E-state index in [0.717, 1.165) is 26.1 Å². The minimum absolute atomic E-state index is 0.194. The maximum atomic E-state index is 13.0. The topological polar surface area (TPSA) is 47.9 Å². The van der Waals surface area contributed by atoms with Crippen molar-refractivity contribution in [1.29, 1.82) is 5.26 Å². The van der Waals surface area contributed by atoms with E-state index < -0.39 is 0 Å². The van der Waals surface area contributed by atoms with Gasteiger partial charge in [0.15, 0.2) is 0 Å². The van der Waals surface area contributed by atoms with Crippen LogP contribution < -0.4 is 10.6 Å². The molecule has 96 valence electrons. The predicted molar refractivity (Wildman–Crippen MR) is 69.8 cm³/mol.